The lowest BCUT2D eigenvalue weighted by Gasteiger charge is -2.02. The summed E-state index contributed by atoms with van der Waals surface area (Å²) in [5.41, 5.74) is 0. The van der Waals surface area contributed by atoms with Gasteiger partial charge in [-0.3, -0.25) is 4.39 Å². The highest BCUT2D eigenvalue weighted by Gasteiger charge is 1.93. The second-order valence-electron chi connectivity index (χ2n) is 4.93. The first-order valence-corrected chi connectivity index (χ1v) is 7.47. The fourth-order valence-corrected chi connectivity index (χ4v) is 2.11. The summed E-state index contributed by atoms with van der Waals surface area (Å²) in [4.78, 5) is 0. The van der Waals surface area contributed by atoms with Gasteiger partial charge in [0.1, 0.15) is 0 Å². The molecule has 0 amide bonds. The van der Waals surface area contributed by atoms with E-state index in [2.05, 4.69) is 6.92 Å². The second-order valence-corrected chi connectivity index (χ2v) is 4.93. The van der Waals surface area contributed by atoms with Crippen LogP contribution in [0.1, 0.15) is 90.4 Å². The van der Waals surface area contributed by atoms with Gasteiger partial charge in [0.05, 0.1) is 6.67 Å². The number of hydrogen-bond donors (Lipinski definition) is 1. The average molecular weight is 247 g/mol. The zero-order chi connectivity index (χ0) is 11.9. The Balaban J connectivity index is 0. The van der Waals surface area contributed by atoms with Crippen LogP contribution in [0.2, 0.25) is 0 Å². The van der Waals surface area contributed by atoms with Gasteiger partial charge in [0.2, 0.25) is 0 Å². The van der Waals surface area contributed by atoms with Crippen LogP contribution in [0, 0.1) is 0 Å². The largest absolute Gasteiger partial charge is 0.344 e. The minimum Gasteiger partial charge on any atom is -0.344 e. The van der Waals surface area contributed by atoms with E-state index >= 15 is 0 Å². The monoisotopic (exact) mass is 247 g/mol. The Hall–Kier alpha value is -0.110. The highest BCUT2D eigenvalue weighted by atomic mass is 19.1. The molecule has 0 aromatic rings. The van der Waals surface area contributed by atoms with E-state index in [0.29, 0.717) is 0 Å². The molecule has 0 fully saturated rings. The summed E-state index contributed by atoms with van der Waals surface area (Å²) >= 11 is 0. The number of halogens is 1. The van der Waals surface area contributed by atoms with Gasteiger partial charge in [-0.15, -0.1) is 0 Å². The molecule has 0 aliphatic carbocycles. The molecule has 3 N–H and O–H groups in total. The first-order chi connectivity index (χ1) is 7.91. The van der Waals surface area contributed by atoms with Crippen molar-refractivity contribution in [2.45, 2.75) is 90.4 Å². The molecule has 106 valence electrons. The van der Waals surface area contributed by atoms with Crippen molar-refractivity contribution in [3.63, 3.8) is 0 Å². The molecule has 0 rings (SSSR count). The van der Waals surface area contributed by atoms with Crippen LogP contribution in [0.3, 0.4) is 0 Å². The lowest BCUT2D eigenvalue weighted by atomic mass is 10.0. The van der Waals surface area contributed by atoms with Crippen LogP contribution in [0.15, 0.2) is 0 Å². The van der Waals surface area contributed by atoms with Crippen molar-refractivity contribution in [2.24, 2.45) is 0 Å². The van der Waals surface area contributed by atoms with Crippen LogP contribution < -0.4 is 6.15 Å². The molecule has 0 saturated carbocycles. The minimum absolute atomic E-state index is 0. The molecule has 0 aliphatic heterocycles. The third-order valence-corrected chi connectivity index (χ3v) is 3.24. The van der Waals surface area contributed by atoms with E-state index in [0.717, 1.165) is 12.8 Å². The van der Waals surface area contributed by atoms with Gasteiger partial charge in [0, 0.05) is 0 Å². The SMILES string of the molecule is CCCCCCCCCCCCCCCF.N. The smallest absolute Gasteiger partial charge is 0.0894 e. The Morgan fingerprint density at radius 2 is 0.824 bits per heavy atom. The van der Waals surface area contributed by atoms with E-state index in [9.17, 15) is 4.39 Å². The summed E-state index contributed by atoms with van der Waals surface area (Å²) in [6.45, 7) is 2.14. The highest BCUT2D eigenvalue weighted by Crippen LogP contribution is 2.12. The van der Waals surface area contributed by atoms with Gasteiger partial charge in [0.25, 0.3) is 0 Å². The van der Waals surface area contributed by atoms with Gasteiger partial charge in [-0.05, 0) is 6.42 Å². The van der Waals surface area contributed by atoms with E-state index in [4.69, 9.17) is 0 Å². The van der Waals surface area contributed by atoms with E-state index in [1.165, 1.54) is 70.6 Å². The highest BCUT2D eigenvalue weighted by molar-refractivity contribution is 4.48. The van der Waals surface area contributed by atoms with Gasteiger partial charge in [-0.2, -0.15) is 0 Å². The first kappa shape index (κ1) is 19.2. The molecule has 2 heteroatoms. The molecule has 1 nitrogen and oxygen atoms in total. The van der Waals surface area contributed by atoms with Crippen molar-refractivity contribution < 1.29 is 4.39 Å². The average Bonchev–Trinajstić information content (AvgIpc) is 2.31. The Kier molecular flexibility index (Phi) is 20.7. The van der Waals surface area contributed by atoms with Gasteiger partial charge in [0.15, 0.2) is 0 Å². The Morgan fingerprint density at radius 1 is 0.529 bits per heavy atom. The number of rotatable bonds is 13. The number of hydrogen-bond acceptors (Lipinski definition) is 1. The molecule has 0 heterocycles. The topological polar surface area (TPSA) is 35.0 Å². The molecule has 0 saturated heterocycles. The third-order valence-electron chi connectivity index (χ3n) is 3.24. The summed E-state index contributed by atoms with van der Waals surface area (Å²) in [5.74, 6) is 0. The van der Waals surface area contributed by atoms with Crippen molar-refractivity contribution in [1.82, 2.24) is 6.15 Å². The summed E-state index contributed by atoms with van der Waals surface area (Å²) in [6, 6.07) is 0. The molecule has 0 unspecified atom stereocenters. The molecular weight excluding hydrogens is 213 g/mol. The van der Waals surface area contributed by atoms with Crippen LogP contribution in [-0.2, 0) is 0 Å². The Labute approximate surface area is 108 Å². The predicted octanol–water partition coefficient (Wildman–Crippen LogP) is 6.21. The summed E-state index contributed by atoms with van der Waals surface area (Å²) in [6.07, 6.45) is 17.1. The van der Waals surface area contributed by atoms with E-state index in [1.54, 1.807) is 0 Å². The molecule has 0 aliphatic rings. The lowest BCUT2D eigenvalue weighted by Crippen LogP contribution is -1.83. The fourth-order valence-electron chi connectivity index (χ4n) is 2.11. The fraction of sp³-hybridized carbons (Fsp3) is 1.00. The Bertz CT molecular complexity index is 103. The van der Waals surface area contributed by atoms with Gasteiger partial charge in [-0.25, -0.2) is 0 Å². The molecule has 0 bridgehead atoms. The summed E-state index contributed by atoms with van der Waals surface area (Å²) in [5, 5.41) is 0. The van der Waals surface area contributed by atoms with Crippen molar-refractivity contribution in [2.75, 3.05) is 6.67 Å². The van der Waals surface area contributed by atoms with Crippen molar-refractivity contribution in [3.05, 3.63) is 0 Å². The van der Waals surface area contributed by atoms with Crippen LogP contribution >= 0.6 is 0 Å². The van der Waals surface area contributed by atoms with Crippen molar-refractivity contribution in [1.29, 1.82) is 0 Å². The van der Waals surface area contributed by atoms with Crippen molar-refractivity contribution in [3.8, 4) is 0 Å². The van der Waals surface area contributed by atoms with Crippen molar-refractivity contribution >= 4 is 0 Å². The molecule has 0 spiro atoms. The maximum atomic E-state index is 11.8. The zero-order valence-electron chi connectivity index (χ0n) is 12.0. The molecule has 0 aromatic carbocycles. The summed E-state index contributed by atoms with van der Waals surface area (Å²) < 4.78 is 11.8. The van der Waals surface area contributed by atoms with E-state index in [1.807, 2.05) is 0 Å². The van der Waals surface area contributed by atoms with Gasteiger partial charge in [-0.1, -0.05) is 84.0 Å². The zero-order valence-corrected chi connectivity index (χ0v) is 12.0. The second kappa shape index (κ2) is 18.3. The maximum Gasteiger partial charge on any atom is 0.0894 e. The normalized spacial score (nSPS) is 10.2. The summed E-state index contributed by atoms with van der Waals surface area (Å²) in [7, 11) is 0. The minimum atomic E-state index is -0.127. The molecule has 0 atom stereocenters. The van der Waals surface area contributed by atoms with Crippen LogP contribution in [0.5, 0.6) is 0 Å². The van der Waals surface area contributed by atoms with E-state index < -0.39 is 0 Å². The van der Waals surface area contributed by atoms with Crippen LogP contribution in [0.25, 0.3) is 0 Å². The standard InChI is InChI=1S/C15H31F.H3N/c1-2-3-4-5-6-7-8-9-10-11-12-13-14-15-16;/h2-15H2,1H3;1H3. The number of alkyl halides is 1. The lowest BCUT2D eigenvalue weighted by molar-refractivity contribution is 0.448. The first-order valence-electron chi connectivity index (χ1n) is 7.47. The third kappa shape index (κ3) is 18.5. The molecule has 17 heavy (non-hydrogen) atoms. The van der Waals surface area contributed by atoms with Crippen LogP contribution in [-0.4, -0.2) is 6.67 Å². The molecule has 0 radical (unpaired) electrons. The van der Waals surface area contributed by atoms with E-state index in [-0.39, 0.29) is 12.8 Å². The van der Waals surface area contributed by atoms with Gasteiger partial charge >= 0.3 is 0 Å². The maximum absolute atomic E-state index is 11.8. The predicted molar refractivity (Wildman–Crippen MR) is 76.7 cm³/mol. The Morgan fingerprint density at radius 3 is 1.12 bits per heavy atom. The van der Waals surface area contributed by atoms with Crippen LogP contribution in [0.4, 0.5) is 4.39 Å². The molecule has 0 aromatic heterocycles. The quantitative estimate of drug-likeness (QED) is 0.386. The number of unbranched alkanes of at least 4 members (excludes halogenated alkanes) is 12. The molecular formula is C15H34FN. The van der Waals surface area contributed by atoms with Gasteiger partial charge < -0.3 is 6.15 Å².